The van der Waals surface area contributed by atoms with Crippen molar-refractivity contribution in [1.82, 2.24) is 20.0 Å². The molecule has 5 N–H and O–H groups in total. The summed E-state index contributed by atoms with van der Waals surface area (Å²) >= 11 is 5.79. The Morgan fingerprint density at radius 2 is 2.03 bits per heavy atom. The molecule has 1 aliphatic rings. The van der Waals surface area contributed by atoms with Gasteiger partial charge < -0.3 is 21.7 Å². The zero-order valence-corrected chi connectivity index (χ0v) is 20.1. The zero-order valence-electron chi connectivity index (χ0n) is 19.3. The van der Waals surface area contributed by atoms with Crippen molar-refractivity contribution in [2.45, 2.75) is 45.4 Å². The van der Waals surface area contributed by atoms with Gasteiger partial charge in [0.25, 0.3) is 0 Å². The number of halogens is 2. The average molecular weight is 503 g/mol. The maximum atomic E-state index is 14.0. The van der Waals surface area contributed by atoms with E-state index in [1.165, 1.54) is 6.07 Å². The molecule has 9 nitrogen and oxygen atoms in total. The minimum atomic E-state index is -0.553. The number of carbonyl (C=O) groups excluding carboxylic acids is 3. The number of primary amides is 1. The van der Waals surface area contributed by atoms with E-state index in [4.69, 9.17) is 22.1 Å². The fraction of sp³-hybridized carbons (Fsp3) is 0.333. The molecule has 1 heterocycles. The van der Waals surface area contributed by atoms with Gasteiger partial charge in [-0.3, -0.25) is 19.1 Å². The average Bonchev–Trinajstić information content (AvgIpc) is 3.63. The Kier molecular flexibility index (Phi) is 8.78. The molecule has 0 aliphatic heterocycles. The van der Waals surface area contributed by atoms with Gasteiger partial charge in [-0.05, 0) is 37.5 Å². The van der Waals surface area contributed by atoms with Crippen LogP contribution in [0.5, 0.6) is 0 Å². The van der Waals surface area contributed by atoms with Crippen LogP contribution in [0, 0.1) is 12.7 Å². The standard InChI is InChI=1S/C23H25ClFN5O2.CH3NO/c1-14-18-8-5-15(10-26)9-20(18)30(28-14)13-22(32)29(17-6-7-17)12-21(31)27-11-16-3-2-4-19(24)23(16)25;2-1-3/h2-5,8-9,17H,6-7,10-13,26H2,1H3,(H,27,31);1H,(H2,2,3). The third kappa shape index (κ3) is 6.55. The summed E-state index contributed by atoms with van der Waals surface area (Å²) in [5.74, 6) is -1.09. The fourth-order valence-corrected chi connectivity index (χ4v) is 3.94. The molecule has 0 spiro atoms. The minimum Gasteiger partial charge on any atom is -0.372 e. The Morgan fingerprint density at radius 1 is 1.31 bits per heavy atom. The number of amides is 3. The number of fused-ring (bicyclic) bond motifs is 1. The number of nitrogens with two attached hydrogens (primary N) is 2. The number of rotatable bonds is 8. The predicted molar refractivity (Wildman–Crippen MR) is 131 cm³/mol. The van der Waals surface area contributed by atoms with Gasteiger partial charge in [0, 0.05) is 30.1 Å². The lowest BCUT2D eigenvalue weighted by Crippen LogP contribution is -2.43. The molecule has 2 aromatic carbocycles. The van der Waals surface area contributed by atoms with E-state index >= 15 is 0 Å². The summed E-state index contributed by atoms with van der Waals surface area (Å²) in [7, 11) is 0. The normalized spacial score (nSPS) is 12.6. The summed E-state index contributed by atoms with van der Waals surface area (Å²) in [6.45, 7) is 2.24. The SMILES string of the molecule is Cc1nn(CC(=O)N(CC(=O)NCc2cccc(Cl)c2F)C2CC2)c2cc(CN)ccc12.NC=O. The number of aryl methyl sites for hydroxylation is 1. The lowest BCUT2D eigenvalue weighted by atomic mass is 10.1. The van der Waals surface area contributed by atoms with Crippen molar-refractivity contribution in [3.63, 3.8) is 0 Å². The first kappa shape index (κ1) is 26.1. The van der Waals surface area contributed by atoms with Crippen LogP contribution in [0.4, 0.5) is 4.39 Å². The number of hydrogen-bond donors (Lipinski definition) is 3. The van der Waals surface area contributed by atoms with Crippen LogP contribution in [-0.2, 0) is 34.0 Å². The third-order valence-corrected chi connectivity index (χ3v) is 5.94. The van der Waals surface area contributed by atoms with Crippen molar-refractivity contribution < 1.29 is 18.8 Å². The summed E-state index contributed by atoms with van der Waals surface area (Å²) in [6, 6.07) is 10.5. The first-order chi connectivity index (χ1) is 16.8. The number of carbonyl (C=O) groups is 3. The van der Waals surface area contributed by atoms with E-state index < -0.39 is 5.82 Å². The van der Waals surface area contributed by atoms with E-state index in [9.17, 15) is 14.0 Å². The summed E-state index contributed by atoms with van der Waals surface area (Å²) < 4.78 is 15.7. The molecule has 1 aliphatic carbocycles. The van der Waals surface area contributed by atoms with Crippen LogP contribution >= 0.6 is 11.6 Å². The highest BCUT2D eigenvalue weighted by Gasteiger charge is 2.34. The van der Waals surface area contributed by atoms with Gasteiger partial charge >= 0.3 is 0 Å². The van der Waals surface area contributed by atoms with E-state index in [0.29, 0.717) is 12.1 Å². The number of nitrogens with one attached hydrogen (secondary N) is 1. The van der Waals surface area contributed by atoms with Crippen molar-refractivity contribution in [1.29, 1.82) is 0 Å². The van der Waals surface area contributed by atoms with Crippen molar-refractivity contribution in [2.75, 3.05) is 6.54 Å². The molecule has 1 saturated carbocycles. The summed E-state index contributed by atoms with van der Waals surface area (Å²) in [6.07, 6.45) is 1.97. The zero-order chi connectivity index (χ0) is 25.5. The van der Waals surface area contributed by atoms with E-state index in [-0.39, 0.29) is 48.9 Å². The highest BCUT2D eigenvalue weighted by Crippen LogP contribution is 2.27. The molecule has 3 aromatic rings. The van der Waals surface area contributed by atoms with Crippen LogP contribution in [0.15, 0.2) is 36.4 Å². The van der Waals surface area contributed by atoms with Gasteiger partial charge in [-0.1, -0.05) is 35.9 Å². The summed E-state index contributed by atoms with van der Waals surface area (Å²) in [5.41, 5.74) is 12.8. The quantitative estimate of drug-likeness (QED) is 0.405. The Hall–Kier alpha value is -3.50. The van der Waals surface area contributed by atoms with Crippen LogP contribution in [0.3, 0.4) is 0 Å². The van der Waals surface area contributed by atoms with Crippen LogP contribution in [0.2, 0.25) is 5.02 Å². The topological polar surface area (TPSA) is 136 Å². The molecule has 0 radical (unpaired) electrons. The van der Waals surface area contributed by atoms with Crippen LogP contribution in [0.1, 0.15) is 29.7 Å². The van der Waals surface area contributed by atoms with Gasteiger partial charge in [-0.15, -0.1) is 0 Å². The predicted octanol–water partition coefficient (Wildman–Crippen LogP) is 2.00. The molecule has 1 fully saturated rings. The smallest absolute Gasteiger partial charge is 0.245 e. The molecule has 4 rings (SSSR count). The van der Waals surface area contributed by atoms with Gasteiger partial charge in [0.2, 0.25) is 18.2 Å². The highest BCUT2D eigenvalue weighted by atomic mass is 35.5. The molecule has 186 valence electrons. The van der Waals surface area contributed by atoms with Crippen LogP contribution < -0.4 is 16.8 Å². The van der Waals surface area contributed by atoms with E-state index in [1.54, 1.807) is 21.7 Å². The Morgan fingerprint density at radius 3 is 2.69 bits per heavy atom. The summed E-state index contributed by atoms with van der Waals surface area (Å²) in [5, 5.41) is 8.17. The Bertz CT molecular complexity index is 1230. The van der Waals surface area contributed by atoms with Gasteiger partial charge in [-0.2, -0.15) is 5.10 Å². The largest absolute Gasteiger partial charge is 0.372 e. The third-order valence-electron chi connectivity index (χ3n) is 5.65. The molecule has 0 saturated heterocycles. The maximum absolute atomic E-state index is 14.0. The second-order valence-corrected chi connectivity index (χ2v) is 8.58. The summed E-state index contributed by atoms with van der Waals surface area (Å²) in [4.78, 5) is 35.8. The minimum absolute atomic E-state index is 0.00276. The molecule has 0 atom stereocenters. The number of aromatic nitrogens is 2. The van der Waals surface area contributed by atoms with Crippen LogP contribution in [-0.4, -0.2) is 45.5 Å². The molecule has 3 amide bonds. The molecule has 1 aromatic heterocycles. The van der Waals surface area contributed by atoms with Crippen molar-refractivity contribution in [3.05, 3.63) is 64.1 Å². The number of nitrogens with zero attached hydrogens (tertiary/aromatic N) is 3. The molecule has 0 unspecified atom stereocenters. The Balaban J connectivity index is 0.00000108. The van der Waals surface area contributed by atoms with Gasteiger partial charge in [0.1, 0.15) is 12.4 Å². The molecular weight excluding hydrogens is 475 g/mol. The molecular formula is C24H28ClFN6O3. The van der Waals surface area contributed by atoms with Gasteiger partial charge in [-0.25, -0.2) is 4.39 Å². The monoisotopic (exact) mass is 502 g/mol. The molecule has 35 heavy (non-hydrogen) atoms. The highest BCUT2D eigenvalue weighted by molar-refractivity contribution is 6.30. The van der Waals surface area contributed by atoms with Gasteiger partial charge in [0.15, 0.2) is 0 Å². The number of hydrogen-bond acceptors (Lipinski definition) is 5. The molecule has 0 bridgehead atoms. The second-order valence-electron chi connectivity index (χ2n) is 8.18. The first-order valence-corrected chi connectivity index (χ1v) is 11.5. The van der Waals surface area contributed by atoms with E-state index in [2.05, 4.69) is 16.1 Å². The van der Waals surface area contributed by atoms with Gasteiger partial charge in [0.05, 0.1) is 22.8 Å². The van der Waals surface area contributed by atoms with Crippen molar-refractivity contribution in [2.24, 2.45) is 11.5 Å². The first-order valence-electron chi connectivity index (χ1n) is 11.1. The van der Waals surface area contributed by atoms with E-state index in [1.807, 2.05) is 25.1 Å². The number of benzene rings is 2. The lowest BCUT2D eigenvalue weighted by molar-refractivity contribution is -0.137. The van der Waals surface area contributed by atoms with E-state index in [0.717, 1.165) is 35.0 Å². The lowest BCUT2D eigenvalue weighted by Gasteiger charge is -2.22. The van der Waals surface area contributed by atoms with Crippen LogP contribution in [0.25, 0.3) is 10.9 Å². The molecule has 11 heteroatoms. The van der Waals surface area contributed by atoms with Crippen molar-refractivity contribution in [3.8, 4) is 0 Å². The maximum Gasteiger partial charge on any atom is 0.245 e. The van der Waals surface area contributed by atoms with Crippen molar-refractivity contribution >= 4 is 40.7 Å². The Labute approximate surface area is 207 Å². The second kappa shape index (κ2) is 11.8. The fourth-order valence-electron chi connectivity index (χ4n) is 3.75.